The Bertz CT molecular complexity index is 440. The SMILES string of the molecule is OCCN(CCO)c1nc(C(Cl)(Cl)Cl)nc(C(Cl)(Cl)Cl)n1. The van der Waals surface area contributed by atoms with Gasteiger partial charge in [-0.05, 0) is 0 Å². The fourth-order valence-electron chi connectivity index (χ4n) is 1.31. The van der Waals surface area contributed by atoms with Gasteiger partial charge in [0.25, 0.3) is 0 Å². The number of halogens is 6. The van der Waals surface area contributed by atoms with Crippen LogP contribution < -0.4 is 4.90 Å². The average Bonchev–Trinajstić information content (AvgIpc) is 2.36. The lowest BCUT2D eigenvalue weighted by atomic mass is 10.5. The molecule has 1 rings (SSSR count). The highest BCUT2D eigenvalue weighted by molar-refractivity contribution is 6.67. The Morgan fingerprint density at radius 2 is 1.14 bits per heavy atom. The summed E-state index contributed by atoms with van der Waals surface area (Å²) in [5.74, 6) is -0.463. The van der Waals surface area contributed by atoms with Gasteiger partial charge in [0.1, 0.15) is 0 Å². The number of alkyl halides is 6. The number of rotatable bonds is 5. The van der Waals surface area contributed by atoms with Crippen LogP contribution in [0, 0.1) is 0 Å². The molecule has 0 unspecified atom stereocenters. The Kier molecular flexibility index (Phi) is 7.28. The van der Waals surface area contributed by atoms with Gasteiger partial charge in [-0.25, -0.2) is 4.98 Å². The quantitative estimate of drug-likeness (QED) is 0.714. The van der Waals surface area contributed by atoms with Crippen molar-refractivity contribution in [3.05, 3.63) is 11.6 Å². The van der Waals surface area contributed by atoms with Crippen LogP contribution in [-0.4, -0.2) is 51.5 Å². The summed E-state index contributed by atoms with van der Waals surface area (Å²) >= 11 is 34.5. The molecule has 1 heterocycles. The molecular weight excluding hydrogens is 409 g/mol. The zero-order chi connectivity index (χ0) is 16.3. The number of hydrogen-bond donors (Lipinski definition) is 2. The molecule has 0 aliphatic heterocycles. The topological polar surface area (TPSA) is 82.4 Å². The van der Waals surface area contributed by atoms with Crippen molar-refractivity contribution < 1.29 is 10.2 Å². The highest BCUT2D eigenvalue weighted by Crippen LogP contribution is 2.40. The molecule has 0 bridgehead atoms. The van der Waals surface area contributed by atoms with Crippen LogP contribution >= 0.6 is 69.6 Å². The lowest BCUT2D eigenvalue weighted by molar-refractivity contribution is 0.280. The first-order valence-corrected chi connectivity index (χ1v) is 7.73. The zero-order valence-electron chi connectivity index (χ0n) is 10.3. The largest absolute Gasteiger partial charge is 0.395 e. The second-order valence-corrected chi connectivity index (χ2v) is 8.27. The summed E-state index contributed by atoms with van der Waals surface area (Å²) in [5, 5.41) is 18.1. The van der Waals surface area contributed by atoms with Gasteiger partial charge in [-0.2, -0.15) is 9.97 Å². The number of nitrogens with zero attached hydrogens (tertiary/aromatic N) is 4. The van der Waals surface area contributed by atoms with Crippen molar-refractivity contribution >= 4 is 75.6 Å². The van der Waals surface area contributed by atoms with Gasteiger partial charge in [-0.3, -0.25) is 0 Å². The van der Waals surface area contributed by atoms with Gasteiger partial charge in [0.2, 0.25) is 13.5 Å². The second-order valence-electron chi connectivity index (χ2n) is 3.71. The molecule has 0 spiro atoms. The normalized spacial score (nSPS) is 12.6. The lowest BCUT2D eigenvalue weighted by Gasteiger charge is -2.23. The highest BCUT2D eigenvalue weighted by Gasteiger charge is 2.34. The molecule has 1 aromatic heterocycles. The van der Waals surface area contributed by atoms with Crippen LogP contribution in [0.1, 0.15) is 11.6 Å². The number of aliphatic hydroxyl groups excluding tert-OH is 2. The van der Waals surface area contributed by atoms with Gasteiger partial charge in [0.15, 0.2) is 11.6 Å². The van der Waals surface area contributed by atoms with Crippen molar-refractivity contribution in [3.8, 4) is 0 Å². The number of hydrogen-bond acceptors (Lipinski definition) is 6. The van der Waals surface area contributed by atoms with Gasteiger partial charge in [-0.15, -0.1) is 0 Å². The van der Waals surface area contributed by atoms with E-state index in [-0.39, 0.29) is 43.9 Å². The molecule has 0 saturated carbocycles. The third-order valence-corrected chi connectivity index (χ3v) is 3.17. The molecule has 1 aromatic rings. The van der Waals surface area contributed by atoms with Crippen molar-refractivity contribution in [1.29, 1.82) is 0 Å². The lowest BCUT2D eigenvalue weighted by Crippen LogP contribution is -2.33. The molecule has 0 radical (unpaired) electrons. The van der Waals surface area contributed by atoms with Crippen molar-refractivity contribution in [3.63, 3.8) is 0 Å². The van der Waals surface area contributed by atoms with E-state index < -0.39 is 7.59 Å². The summed E-state index contributed by atoms with van der Waals surface area (Å²) < 4.78 is -3.90. The van der Waals surface area contributed by atoms with Crippen LogP contribution in [0.15, 0.2) is 0 Å². The van der Waals surface area contributed by atoms with Gasteiger partial charge >= 0.3 is 0 Å². The Morgan fingerprint density at radius 1 is 0.762 bits per heavy atom. The Hall–Kier alpha value is 0.470. The minimum Gasteiger partial charge on any atom is -0.395 e. The number of anilines is 1. The Balaban J connectivity index is 3.36. The minimum absolute atomic E-state index is 0.00995. The molecule has 0 amide bonds. The van der Waals surface area contributed by atoms with Crippen molar-refractivity contribution in [2.45, 2.75) is 7.59 Å². The van der Waals surface area contributed by atoms with Gasteiger partial charge in [-0.1, -0.05) is 69.6 Å². The summed E-state index contributed by atoms with van der Waals surface area (Å²) in [7, 11) is 0. The summed E-state index contributed by atoms with van der Waals surface area (Å²) in [6, 6.07) is 0. The van der Waals surface area contributed by atoms with E-state index >= 15 is 0 Å². The molecule has 12 heteroatoms. The van der Waals surface area contributed by atoms with Crippen LogP contribution in [0.25, 0.3) is 0 Å². The average molecular weight is 419 g/mol. The third kappa shape index (κ3) is 5.88. The molecule has 21 heavy (non-hydrogen) atoms. The van der Waals surface area contributed by atoms with Crippen LogP contribution in [0.5, 0.6) is 0 Å². The molecule has 0 aliphatic rings. The minimum atomic E-state index is -1.95. The molecule has 0 fully saturated rings. The summed E-state index contributed by atoms with van der Waals surface area (Å²) in [6.07, 6.45) is 0. The molecule has 120 valence electrons. The first kappa shape index (κ1) is 19.5. The smallest absolute Gasteiger partial charge is 0.250 e. The van der Waals surface area contributed by atoms with E-state index in [1.807, 2.05) is 0 Å². The van der Waals surface area contributed by atoms with E-state index in [2.05, 4.69) is 15.0 Å². The first-order valence-electron chi connectivity index (χ1n) is 5.46. The molecule has 0 saturated heterocycles. The second kappa shape index (κ2) is 7.84. The molecule has 2 N–H and O–H groups in total. The highest BCUT2D eigenvalue weighted by atomic mass is 35.6. The van der Waals surface area contributed by atoms with Gasteiger partial charge in [0.05, 0.1) is 13.2 Å². The number of aliphatic hydroxyl groups is 2. The fraction of sp³-hybridized carbons (Fsp3) is 0.667. The maximum atomic E-state index is 9.03. The van der Waals surface area contributed by atoms with Crippen LogP contribution in [0.3, 0.4) is 0 Å². The maximum Gasteiger partial charge on any atom is 0.250 e. The molecule has 6 nitrogen and oxygen atoms in total. The van der Waals surface area contributed by atoms with Gasteiger partial charge in [0, 0.05) is 13.1 Å². The summed E-state index contributed by atoms with van der Waals surface area (Å²) in [6.45, 7) is -0.165. The monoisotopic (exact) mass is 416 g/mol. The van der Waals surface area contributed by atoms with Crippen LogP contribution in [-0.2, 0) is 7.59 Å². The third-order valence-electron chi connectivity index (χ3n) is 2.15. The first-order chi connectivity index (χ1) is 9.59. The Labute approximate surface area is 150 Å². The summed E-state index contributed by atoms with van der Waals surface area (Å²) in [5.41, 5.74) is 0. The van der Waals surface area contributed by atoms with Crippen molar-refractivity contribution in [2.24, 2.45) is 0 Å². The maximum absolute atomic E-state index is 9.03. The predicted molar refractivity (Wildman–Crippen MR) is 84.7 cm³/mol. The molecular formula is C9H10Cl6N4O2. The summed E-state index contributed by atoms with van der Waals surface area (Å²) in [4.78, 5) is 13.2. The van der Waals surface area contributed by atoms with E-state index in [1.54, 1.807) is 0 Å². The molecule has 0 aliphatic carbocycles. The van der Waals surface area contributed by atoms with Crippen LogP contribution in [0.2, 0.25) is 0 Å². The van der Waals surface area contributed by atoms with E-state index in [4.69, 9.17) is 79.8 Å². The van der Waals surface area contributed by atoms with E-state index in [0.29, 0.717) is 0 Å². The van der Waals surface area contributed by atoms with E-state index in [1.165, 1.54) is 4.90 Å². The van der Waals surface area contributed by atoms with Crippen LogP contribution in [0.4, 0.5) is 5.95 Å². The molecule has 0 atom stereocenters. The zero-order valence-corrected chi connectivity index (χ0v) is 14.8. The predicted octanol–water partition coefficient (Wildman–Crippen LogP) is 2.32. The van der Waals surface area contributed by atoms with Crippen molar-refractivity contribution in [2.75, 3.05) is 31.2 Å². The Morgan fingerprint density at radius 3 is 1.43 bits per heavy atom. The molecule has 0 aromatic carbocycles. The van der Waals surface area contributed by atoms with Gasteiger partial charge < -0.3 is 15.1 Å². The van der Waals surface area contributed by atoms with Crippen molar-refractivity contribution in [1.82, 2.24) is 15.0 Å². The standard InChI is InChI=1S/C9H10Cl6N4O2/c10-8(11,12)5-16-6(9(13,14)15)18-7(17-5)19(1-3-20)2-4-21/h20-21H,1-4H2. The number of aromatic nitrogens is 3. The van der Waals surface area contributed by atoms with E-state index in [9.17, 15) is 0 Å². The van der Waals surface area contributed by atoms with E-state index in [0.717, 1.165) is 0 Å². The fourth-order valence-corrected chi connectivity index (χ4v) is 1.82.